The van der Waals surface area contributed by atoms with Crippen LogP contribution in [0.2, 0.25) is 0 Å². The smallest absolute Gasteiger partial charge is 0.160 e. The van der Waals surface area contributed by atoms with Gasteiger partial charge in [-0.25, -0.2) is 0 Å². The minimum Gasteiger partial charge on any atom is -0.345 e. The van der Waals surface area contributed by atoms with Gasteiger partial charge in [0.2, 0.25) is 0 Å². The quantitative estimate of drug-likeness (QED) is 0.781. The van der Waals surface area contributed by atoms with E-state index in [1.807, 2.05) is 29.3 Å². The average Bonchev–Trinajstić information content (AvgIpc) is 3.24. The fourth-order valence-electron chi connectivity index (χ4n) is 3.17. The molecule has 6 heteroatoms. The summed E-state index contributed by atoms with van der Waals surface area (Å²) in [5.41, 5.74) is 2.80. The van der Waals surface area contributed by atoms with E-state index in [2.05, 4.69) is 26.3 Å². The van der Waals surface area contributed by atoms with Crippen molar-refractivity contribution in [3.05, 3.63) is 30.9 Å². The number of hydrogen-bond donors (Lipinski definition) is 1. The number of nitrogens with one attached hydrogen (secondary N) is 1. The van der Waals surface area contributed by atoms with Crippen LogP contribution in [-0.4, -0.2) is 25.0 Å². The van der Waals surface area contributed by atoms with Crippen LogP contribution in [0.25, 0.3) is 22.2 Å². The van der Waals surface area contributed by atoms with E-state index in [-0.39, 0.29) is 12.0 Å². The summed E-state index contributed by atoms with van der Waals surface area (Å²) in [6.45, 7) is 0. The normalized spacial score (nSPS) is 21.7. The zero-order valence-corrected chi connectivity index (χ0v) is 11.4. The summed E-state index contributed by atoms with van der Waals surface area (Å²) < 4.78 is 1.94. The topological polar surface area (TPSA) is 83.2 Å². The number of aromatic nitrogens is 5. The average molecular weight is 278 g/mol. The van der Waals surface area contributed by atoms with E-state index in [0.717, 1.165) is 41.4 Å². The predicted molar refractivity (Wildman–Crippen MR) is 77.1 cm³/mol. The van der Waals surface area contributed by atoms with E-state index in [1.165, 1.54) is 0 Å². The van der Waals surface area contributed by atoms with Crippen LogP contribution in [0.4, 0.5) is 0 Å². The minimum atomic E-state index is 0.0700. The fourth-order valence-corrected chi connectivity index (χ4v) is 3.17. The van der Waals surface area contributed by atoms with Crippen molar-refractivity contribution in [2.75, 3.05) is 0 Å². The fraction of sp³-hybridized carbons (Fsp3) is 0.333. The first kappa shape index (κ1) is 12.1. The Hall–Kier alpha value is -2.68. The van der Waals surface area contributed by atoms with Gasteiger partial charge in [0.05, 0.1) is 30.4 Å². The van der Waals surface area contributed by atoms with Crippen molar-refractivity contribution in [3.8, 4) is 17.2 Å². The highest BCUT2D eigenvalue weighted by atomic mass is 15.3. The summed E-state index contributed by atoms with van der Waals surface area (Å²) in [6, 6.07) is 4.58. The molecule has 104 valence electrons. The lowest BCUT2D eigenvalue weighted by atomic mass is 10.1. The number of fused-ring (bicyclic) bond motifs is 1. The summed E-state index contributed by atoms with van der Waals surface area (Å²) in [4.78, 5) is 3.06. The lowest BCUT2D eigenvalue weighted by molar-refractivity contribution is 0.409. The Labute approximate surface area is 121 Å². The predicted octanol–water partition coefficient (Wildman–Crippen LogP) is 2.69. The van der Waals surface area contributed by atoms with Crippen molar-refractivity contribution in [2.45, 2.75) is 25.3 Å². The maximum Gasteiger partial charge on any atom is 0.160 e. The molecule has 0 unspecified atom stereocenters. The molecule has 1 aliphatic carbocycles. The molecule has 1 aliphatic rings. The van der Waals surface area contributed by atoms with Gasteiger partial charge >= 0.3 is 0 Å². The molecule has 0 aliphatic heterocycles. The Balaban J connectivity index is 1.75. The first-order chi connectivity index (χ1) is 10.4. The van der Waals surface area contributed by atoms with Crippen molar-refractivity contribution >= 4 is 11.0 Å². The first-order valence-electron chi connectivity index (χ1n) is 7.10. The van der Waals surface area contributed by atoms with Crippen LogP contribution >= 0.6 is 0 Å². The van der Waals surface area contributed by atoms with Crippen LogP contribution in [0.1, 0.15) is 25.3 Å². The number of aromatic amines is 1. The summed E-state index contributed by atoms with van der Waals surface area (Å²) in [6.07, 6.45) is 10.6. The molecule has 6 nitrogen and oxygen atoms in total. The molecule has 1 fully saturated rings. The Bertz CT molecular complexity index is 824. The van der Waals surface area contributed by atoms with Crippen molar-refractivity contribution in [1.29, 1.82) is 5.26 Å². The number of H-pyrrole nitrogens is 1. The highest BCUT2D eigenvalue weighted by Gasteiger charge is 2.29. The summed E-state index contributed by atoms with van der Waals surface area (Å²) in [5, 5.41) is 22.8. The van der Waals surface area contributed by atoms with E-state index in [4.69, 9.17) is 0 Å². The summed E-state index contributed by atoms with van der Waals surface area (Å²) in [5.74, 6) is 0.0700. The van der Waals surface area contributed by atoms with Gasteiger partial charge < -0.3 is 4.98 Å². The Morgan fingerprint density at radius 1 is 1.33 bits per heavy atom. The SMILES string of the molecule is N#C[C@@H]1CCC[C@H]1n1cc(-c2cnnc3[nH]ccc23)cn1. The monoisotopic (exact) mass is 278 g/mol. The van der Waals surface area contributed by atoms with Crippen LogP contribution < -0.4 is 0 Å². The molecule has 0 spiro atoms. The molecule has 21 heavy (non-hydrogen) atoms. The van der Waals surface area contributed by atoms with Gasteiger partial charge in [-0.15, -0.1) is 5.10 Å². The number of hydrogen-bond acceptors (Lipinski definition) is 4. The molecule has 0 aromatic carbocycles. The highest BCUT2D eigenvalue weighted by Crippen LogP contribution is 2.36. The standard InChI is InChI=1S/C15H14N6/c16-6-10-2-1-3-14(10)21-9-11(7-19-21)13-8-18-20-15-12(13)4-5-17-15/h4-5,7-10,14H,1-3H2,(H,17,20)/t10-,14+/m0/s1. The van der Waals surface area contributed by atoms with Gasteiger partial charge in [-0.05, 0) is 25.3 Å². The van der Waals surface area contributed by atoms with E-state index in [1.54, 1.807) is 6.20 Å². The van der Waals surface area contributed by atoms with Gasteiger partial charge in [0.1, 0.15) is 0 Å². The van der Waals surface area contributed by atoms with Crippen molar-refractivity contribution < 1.29 is 0 Å². The van der Waals surface area contributed by atoms with Gasteiger partial charge in [-0.3, -0.25) is 4.68 Å². The maximum absolute atomic E-state index is 9.22. The third-order valence-electron chi connectivity index (χ3n) is 4.26. The second kappa shape index (κ2) is 4.70. The van der Waals surface area contributed by atoms with Crippen molar-refractivity contribution in [3.63, 3.8) is 0 Å². The van der Waals surface area contributed by atoms with Gasteiger partial charge in [0.15, 0.2) is 5.65 Å². The molecule has 1 N–H and O–H groups in total. The molecule has 2 atom stereocenters. The molecule has 4 rings (SSSR count). The first-order valence-corrected chi connectivity index (χ1v) is 7.10. The van der Waals surface area contributed by atoms with Crippen LogP contribution in [0, 0.1) is 17.2 Å². The van der Waals surface area contributed by atoms with E-state index >= 15 is 0 Å². The second-order valence-electron chi connectivity index (χ2n) is 5.44. The minimum absolute atomic E-state index is 0.0700. The molecule has 0 amide bonds. The maximum atomic E-state index is 9.22. The van der Waals surface area contributed by atoms with Gasteiger partial charge in [-0.1, -0.05) is 0 Å². The number of nitrogens with zero attached hydrogens (tertiary/aromatic N) is 5. The van der Waals surface area contributed by atoms with Gasteiger partial charge in [0, 0.05) is 28.9 Å². The molecule has 0 bridgehead atoms. The molecule has 0 radical (unpaired) electrons. The van der Waals surface area contributed by atoms with Crippen LogP contribution in [-0.2, 0) is 0 Å². The number of nitriles is 1. The largest absolute Gasteiger partial charge is 0.345 e. The third-order valence-corrected chi connectivity index (χ3v) is 4.26. The van der Waals surface area contributed by atoms with E-state index in [9.17, 15) is 5.26 Å². The molecular weight excluding hydrogens is 264 g/mol. The van der Waals surface area contributed by atoms with E-state index in [0.29, 0.717) is 0 Å². The second-order valence-corrected chi connectivity index (χ2v) is 5.44. The summed E-state index contributed by atoms with van der Waals surface area (Å²) >= 11 is 0. The lowest BCUT2D eigenvalue weighted by Crippen LogP contribution is -2.12. The molecule has 3 aromatic heterocycles. The molecular formula is C15H14N6. The molecule has 3 heterocycles. The highest BCUT2D eigenvalue weighted by molar-refractivity contribution is 5.91. The van der Waals surface area contributed by atoms with Gasteiger partial charge in [0.25, 0.3) is 0 Å². The molecule has 1 saturated carbocycles. The number of rotatable bonds is 2. The van der Waals surface area contributed by atoms with Crippen LogP contribution in [0.3, 0.4) is 0 Å². The van der Waals surface area contributed by atoms with E-state index < -0.39 is 0 Å². The molecule has 3 aromatic rings. The van der Waals surface area contributed by atoms with Crippen molar-refractivity contribution in [2.24, 2.45) is 5.92 Å². The Kier molecular flexibility index (Phi) is 2.71. The zero-order valence-electron chi connectivity index (χ0n) is 11.4. The van der Waals surface area contributed by atoms with Gasteiger partial charge in [-0.2, -0.15) is 15.5 Å². The molecule has 0 saturated heterocycles. The third kappa shape index (κ3) is 1.89. The van der Waals surface area contributed by atoms with Crippen molar-refractivity contribution in [1.82, 2.24) is 25.0 Å². The Morgan fingerprint density at radius 3 is 3.19 bits per heavy atom. The van der Waals surface area contributed by atoms with Crippen LogP contribution in [0.15, 0.2) is 30.9 Å². The summed E-state index contributed by atoms with van der Waals surface area (Å²) in [7, 11) is 0. The van der Waals surface area contributed by atoms with Crippen LogP contribution in [0.5, 0.6) is 0 Å². The lowest BCUT2D eigenvalue weighted by Gasteiger charge is -2.13. The zero-order chi connectivity index (χ0) is 14.2. The Morgan fingerprint density at radius 2 is 2.29 bits per heavy atom.